The van der Waals surface area contributed by atoms with Crippen molar-refractivity contribution in [2.24, 2.45) is 4.99 Å². The minimum absolute atomic E-state index is 0.683. The highest BCUT2D eigenvalue weighted by Gasteiger charge is 1.99. The van der Waals surface area contributed by atoms with Gasteiger partial charge in [0.2, 0.25) is 0 Å². The lowest BCUT2D eigenvalue weighted by molar-refractivity contribution is 0.482. The van der Waals surface area contributed by atoms with Crippen LogP contribution in [0.25, 0.3) is 10.9 Å². The first-order valence-electron chi connectivity index (χ1n) is 7.77. The lowest BCUT2D eigenvalue weighted by Gasteiger charge is -2.06. The SMILES string of the molecule is Clc1ccc(Oc2cccc(C=Nc3ccc4cn[nH]c4c3)c2)cc1. The van der Waals surface area contributed by atoms with E-state index >= 15 is 0 Å². The molecule has 4 aromatic rings. The van der Waals surface area contributed by atoms with Crippen molar-refractivity contribution >= 4 is 34.4 Å². The highest BCUT2D eigenvalue weighted by molar-refractivity contribution is 6.30. The molecule has 0 unspecified atom stereocenters. The molecule has 0 spiro atoms. The minimum Gasteiger partial charge on any atom is -0.457 e. The van der Waals surface area contributed by atoms with E-state index in [1.54, 1.807) is 18.3 Å². The Balaban J connectivity index is 1.53. The number of aromatic nitrogens is 2. The molecule has 122 valence electrons. The summed E-state index contributed by atoms with van der Waals surface area (Å²) < 4.78 is 5.84. The second kappa shape index (κ2) is 6.79. The summed E-state index contributed by atoms with van der Waals surface area (Å²) in [6.45, 7) is 0. The minimum atomic E-state index is 0.683. The lowest BCUT2D eigenvalue weighted by atomic mass is 10.2. The fraction of sp³-hybridized carbons (Fsp3) is 0. The fourth-order valence-corrected chi connectivity index (χ4v) is 2.58. The first-order chi connectivity index (χ1) is 12.3. The maximum absolute atomic E-state index is 5.89. The van der Waals surface area contributed by atoms with E-state index in [0.717, 1.165) is 33.7 Å². The molecular formula is C20H14ClN3O. The molecule has 0 aliphatic rings. The quantitative estimate of drug-likeness (QED) is 0.477. The van der Waals surface area contributed by atoms with Crippen molar-refractivity contribution < 1.29 is 4.74 Å². The van der Waals surface area contributed by atoms with Gasteiger partial charge in [0.25, 0.3) is 0 Å². The molecule has 1 aromatic heterocycles. The summed E-state index contributed by atoms with van der Waals surface area (Å²) in [6, 6.07) is 20.9. The van der Waals surface area contributed by atoms with Crippen LogP contribution in [0.15, 0.2) is 77.9 Å². The van der Waals surface area contributed by atoms with E-state index in [1.165, 1.54) is 0 Å². The van der Waals surface area contributed by atoms with Crippen molar-refractivity contribution in [3.8, 4) is 11.5 Å². The molecule has 0 aliphatic heterocycles. The molecule has 1 heterocycles. The Labute approximate surface area is 149 Å². The summed E-state index contributed by atoms with van der Waals surface area (Å²) >= 11 is 5.89. The van der Waals surface area contributed by atoms with Crippen molar-refractivity contribution in [2.75, 3.05) is 0 Å². The van der Waals surface area contributed by atoms with Crippen LogP contribution in [0.1, 0.15) is 5.56 Å². The third-order valence-electron chi connectivity index (χ3n) is 3.70. The van der Waals surface area contributed by atoms with Crippen LogP contribution in [0.5, 0.6) is 11.5 Å². The molecule has 25 heavy (non-hydrogen) atoms. The predicted molar refractivity (Wildman–Crippen MR) is 101 cm³/mol. The van der Waals surface area contributed by atoms with Crippen LogP contribution >= 0.6 is 11.6 Å². The molecule has 4 nitrogen and oxygen atoms in total. The highest BCUT2D eigenvalue weighted by Crippen LogP contribution is 2.24. The Kier molecular flexibility index (Phi) is 4.19. The van der Waals surface area contributed by atoms with Crippen LogP contribution in [0.2, 0.25) is 5.02 Å². The number of halogens is 1. The smallest absolute Gasteiger partial charge is 0.128 e. The molecule has 5 heteroatoms. The summed E-state index contributed by atoms with van der Waals surface area (Å²) in [5, 5.41) is 8.71. The van der Waals surface area contributed by atoms with Gasteiger partial charge in [-0.3, -0.25) is 10.1 Å². The van der Waals surface area contributed by atoms with Crippen LogP contribution in [0.4, 0.5) is 5.69 Å². The molecule has 0 amide bonds. The van der Waals surface area contributed by atoms with E-state index in [-0.39, 0.29) is 0 Å². The molecule has 0 aliphatic carbocycles. The topological polar surface area (TPSA) is 50.3 Å². The number of hydrogen-bond donors (Lipinski definition) is 1. The second-order valence-electron chi connectivity index (χ2n) is 5.53. The van der Waals surface area contributed by atoms with E-state index in [0.29, 0.717) is 5.02 Å². The molecule has 0 atom stereocenters. The van der Waals surface area contributed by atoms with Crippen LogP contribution in [-0.4, -0.2) is 16.4 Å². The largest absolute Gasteiger partial charge is 0.457 e. The molecule has 0 saturated heterocycles. The van der Waals surface area contributed by atoms with Gasteiger partial charge in [0.05, 0.1) is 17.4 Å². The van der Waals surface area contributed by atoms with Gasteiger partial charge in [-0.1, -0.05) is 23.7 Å². The Bertz CT molecular complexity index is 1040. The normalized spacial score (nSPS) is 11.2. The summed E-state index contributed by atoms with van der Waals surface area (Å²) in [5.74, 6) is 1.48. The first-order valence-corrected chi connectivity index (χ1v) is 8.15. The van der Waals surface area contributed by atoms with Crippen LogP contribution in [0, 0.1) is 0 Å². The Morgan fingerprint density at radius 2 is 1.84 bits per heavy atom. The van der Waals surface area contributed by atoms with E-state index in [4.69, 9.17) is 16.3 Å². The van der Waals surface area contributed by atoms with Crippen molar-refractivity contribution in [1.29, 1.82) is 0 Å². The van der Waals surface area contributed by atoms with Crippen LogP contribution in [0.3, 0.4) is 0 Å². The zero-order valence-corrected chi connectivity index (χ0v) is 13.9. The van der Waals surface area contributed by atoms with Crippen molar-refractivity contribution in [1.82, 2.24) is 10.2 Å². The van der Waals surface area contributed by atoms with Gasteiger partial charge < -0.3 is 4.74 Å². The summed E-state index contributed by atoms with van der Waals surface area (Å²) in [4.78, 5) is 4.52. The number of rotatable bonds is 4. The van der Waals surface area contributed by atoms with E-state index in [9.17, 15) is 0 Å². The average molecular weight is 348 g/mol. The van der Waals surface area contributed by atoms with Crippen molar-refractivity contribution in [3.05, 3.63) is 83.5 Å². The molecule has 3 aromatic carbocycles. The van der Waals surface area contributed by atoms with E-state index in [1.807, 2.05) is 60.8 Å². The molecule has 1 N–H and O–H groups in total. The predicted octanol–water partition coefficient (Wildman–Crippen LogP) is 5.76. The Morgan fingerprint density at radius 3 is 2.72 bits per heavy atom. The van der Waals surface area contributed by atoms with Gasteiger partial charge in [0.1, 0.15) is 11.5 Å². The number of hydrogen-bond acceptors (Lipinski definition) is 3. The summed E-state index contributed by atoms with van der Waals surface area (Å²) in [5.41, 5.74) is 2.78. The average Bonchev–Trinajstić information content (AvgIpc) is 3.10. The lowest BCUT2D eigenvalue weighted by Crippen LogP contribution is -1.86. The van der Waals surface area contributed by atoms with E-state index in [2.05, 4.69) is 15.2 Å². The number of H-pyrrole nitrogens is 1. The number of nitrogens with one attached hydrogen (secondary N) is 1. The molecule has 0 radical (unpaired) electrons. The van der Waals surface area contributed by atoms with Crippen LogP contribution < -0.4 is 4.74 Å². The number of benzene rings is 3. The zero-order chi connectivity index (χ0) is 17.1. The maximum Gasteiger partial charge on any atom is 0.128 e. The first kappa shape index (κ1) is 15.4. The second-order valence-corrected chi connectivity index (χ2v) is 5.96. The van der Waals surface area contributed by atoms with Crippen molar-refractivity contribution in [2.45, 2.75) is 0 Å². The zero-order valence-electron chi connectivity index (χ0n) is 13.2. The summed E-state index contributed by atoms with van der Waals surface area (Å²) in [6.07, 6.45) is 3.60. The molecule has 4 rings (SSSR count). The summed E-state index contributed by atoms with van der Waals surface area (Å²) in [7, 11) is 0. The van der Waals surface area contributed by atoms with Gasteiger partial charge in [-0.05, 0) is 60.2 Å². The third-order valence-corrected chi connectivity index (χ3v) is 3.95. The number of ether oxygens (including phenoxy) is 1. The van der Waals surface area contributed by atoms with Crippen LogP contribution in [-0.2, 0) is 0 Å². The molecule has 0 fully saturated rings. The van der Waals surface area contributed by atoms with Gasteiger partial charge in [0.15, 0.2) is 0 Å². The molecule has 0 bridgehead atoms. The number of aliphatic imine (C=N–C) groups is 1. The Morgan fingerprint density at radius 1 is 0.960 bits per heavy atom. The highest BCUT2D eigenvalue weighted by atomic mass is 35.5. The number of aromatic amines is 1. The van der Waals surface area contributed by atoms with Gasteiger partial charge >= 0.3 is 0 Å². The Hall–Kier alpha value is -3.11. The van der Waals surface area contributed by atoms with Gasteiger partial charge in [-0.15, -0.1) is 0 Å². The fourth-order valence-electron chi connectivity index (χ4n) is 2.45. The third kappa shape index (κ3) is 3.70. The van der Waals surface area contributed by atoms with E-state index < -0.39 is 0 Å². The van der Waals surface area contributed by atoms with Crippen molar-refractivity contribution in [3.63, 3.8) is 0 Å². The molecule has 0 saturated carbocycles. The standard InChI is InChI=1S/C20H14ClN3O/c21-16-5-8-18(9-6-16)25-19-3-1-2-14(10-19)12-22-17-7-4-15-13-23-24-20(15)11-17/h1-13H,(H,23,24). The molecular weight excluding hydrogens is 334 g/mol. The number of nitrogens with zero attached hydrogens (tertiary/aromatic N) is 2. The monoisotopic (exact) mass is 347 g/mol. The van der Waals surface area contributed by atoms with Gasteiger partial charge in [0, 0.05) is 16.6 Å². The van der Waals surface area contributed by atoms with Gasteiger partial charge in [-0.2, -0.15) is 5.10 Å². The maximum atomic E-state index is 5.89. The number of fused-ring (bicyclic) bond motifs is 1. The van der Waals surface area contributed by atoms with Gasteiger partial charge in [-0.25, -0.2) is 0 Å².